The molecule has 4 heterocycles. The van der Waals surface area contributed by atoms with Gasteiger partial charge in [-0.3, -0.25) is 0 Å². The summed E-state index contributed by atoms with van der Waals surface area (Å²) in [7, 11) is 0. The van der Waals surface area contributed by atoms with Crippen LogP contribution in [0.25, 0.3) is 109 Å². The lowest BCUT2D eigenvalue weighted by Crippen LogP contribution is -2.25. The van der Waals surface area contributed by atoms with Crippen molar-refractivity contribution in [2.45, 2.75) is 12.0 Å². The van der Waals surface area contributed by atoms with Gasteiger partial charge in [0.05, 0.1) is 33.0 Å². The Morgan fingerprint density at radius 3 is 1.99 bits per heavy atom. The first-order chi connectivity index (χ1) is 35.2. The van der Waals surface area contributed by atoms with Gasteiger partial charge in [0.2, 0.25) is 5.95 Å². The Morgan fingerprint density at radius 1 is 0.451 bits per heavy atom. The van der Waals surface area contributed by atoms with E-state index in [0.29, 0.717) is 5.95 Å². The van der Waals surface area contributed by atoms with E-state index in [4.69, 9.17) is 9.97 Å². The molecule has 0 radical (unpaired) electrons. The van der Waals surface area contributed by atoms with Crippen LogP contribution in [0.5, 0.6) is 0 Å². The molecule has 2 aliphatic rings. The monoisotopic (exact) mass is 922 g/mol. The number of nitrogens with zero attached hydrogens (tertiary/aromatic N) is 4. The molecule has 4 nitrogen and oxygen atoms in total. The molecule has 0 N–H and O–H groups in total. The molecule has 71 heavy (non-hydrogen) atoms. The molecule has 0 bridgehead atoms. The lowest BCUT2D eigenvalue weighted by Gasteiger charge is -2.31. The molecular formula is C66H42N4S. The second kappa shape index (κ2) is 15.8. The van der Waals surface area contributed by atoms with Gasteiger partial charge in [0.15, 0.2) is 0 Å². The lowest BCUT2D eigenvalue weighted by molar-refractivity contribution is 0.657. The quantitative estimate of drug-likeness (QED) is 0.167. The van der Waals surface area contributed by atoms with Crippen LogP contribution in [0.2, 0.25) is 0 Å². The molecule has 2 unspecified atom stereocenters. The van der Waals surface area contributed by atoms with Gasteiger partial charge in [-0.1, -0.05) is 200 Å². The van der Waals surface area contributed by atoms with Crippen LogP contribution >= 0.6 is 11.3 Å². The zero-order valence-electron chi connectivity index (χ0n) is 38.4. The van der Waals surface area contributed by atoms with E-state index in [2.05, 4.69) is 252 Å². The molecule has 15 rings (SSSR count). The van der Waals surface area contributed by atoms with Crippen LogP contribution in [0.15, 0.2) is 237 Å². The maximum Gasteiger partial charge on any atom is 0.231 e. The highest BCUT2D eigenvalue weighted by molar-refractivity contribution is 7.22. The van der Waals surface area contributed by atoms with Crippen molar-refractivity contribution in [1.82, 2.24) is 14.5 Å². The molecule has 10 aromatic carbocycles. The number of benzene rings is 10. The van der Waals surface area contributed by atoms with Crippen LogP contribution in [0.1, 0.15) is 28.7 Å². The summed E-state index contributed by atoms with van der Waals surface area (Å²) in [4.78, 5) is 14.9. The van der Waals surface area contributed by atoms with Gasteiger partial charge in [-0.2, -0.15) is 0 Å². The van der Waals surface area contributed by atoms with Crippen LogP contribution in [-0.2, 0) is 0 Å². The molecule has 332 valence electrons. The van der Waals surface area contributed by atoms with E-state index < -0.39 is 0 Å². The van der Waals surface area contributed by atoms with E-state index in [-0.39, 0.29) is 12.0 Å². The summed E-state index contributed by atoms with van der Waals surface area (Å²) in [6.07, 6.45) is 4.73. The SMILES string of the molecule is C1=CC2c3cc(-c4cccc5c4c4c6ccccc6ccc4n5-c4ccccc4)ccc3N(c3nc(-c4ccc(-c5cccc6ccccc56)cc4)c4sc(-c5ccccc5)cc4n3)C2c2ccccc21. The van der Waals surface area contributed by atoms with Crippen LogP contribution in [-0.4, -0.2) is 14.5 Å². The predicted octanol–water partition coefficient (Wildman–Crippen LogP) is 17.8. The predicted molar refractivity (Wildman–Crippen MR) is 298 cm³/mol. The molecule has 2 atom stereocenters. The number of para-hydroxylation sites is 1. The molecule has 1 aliphatic carbocycles. The average molecular weight is 923 g/mol. The van der Waals surface area contributed by atoms with E-state index in [0.717, 1.165) is 32.8 Å². The van der Waals surface area contributed by atoms with E-state index in [1.165, 1.54) is 92.7 Å². The third-order valence-electron chi connectivity index (χ3n) is 15.0. The maximum absolute atomic E-state index is 5.69. The zero-order valence-corrected chi connectivity index (χ0v) is 39.3. The summed E-state index contributed by atoms with van der Waals surface area (Å²) in [5.41, 5.74) is 17.4. The van der Waals surface area contributed by atoms with E-state index in [1.807, 2.05) is 0 Å². The van der Waals surface area contributed by atoms with Gasteiger partial charge >= 0.3 is 0 Å². The standard InChI is InChI=1S/C66H42N4S/c1-3-18-45(19-4-1)60-40-56-65(71-60)63(46-31-29-44(30-32-46)50-26-13-20-41-15-7-10-23-49(41)50)68-66(67-56)70-57-37-35-47(39-55(57)54-36-33-43-17-9-12-25-53(43)64(54)70)52-27-14-28-58-62(52)61-51-24-11-8-16-42(51)34-38-59(61)69(58)48-21-5-2-6-22-48/h1-40,54,64H. The number of anilines is 2. The third-order valence-corrected chi connectivity index (χ3v) is 16.1. The minimum atomic E-state index is -0.0487. The van der Waals surface area contributed by atoms with Gasteiger partial charge < -0.3 is 9.47 Å². The third kappa shape index (κ3) is 6.23. The molecule has 0 saturated carbocycles. The first-order valence-electron chi connectivity index (χ1n) is 24.4. The van der Waals surface area contributed by atoms with Gasteiger partial charge in [0, 0.05) is 38.5 Å². The lowest BCUT2D eigenvalue weighted by atomic mass is 9.82. The van der Waals surface area contributed by atoms with Crippen molar-refractivity contribution in [1.29, 1.82) is 0 Å². The minimum absolute atomic E-state index is 0.0487. The normalized spacial score (nSPS) is 15.0. The Morgan fingerprint density at radius 2 is 1.13 bits per heavy atom. The Balaban J connectivity index is 0.933. The number of rotatable bonds is 6. The van der Waals surface area contributed by atoms with Crippen LogP contribution in [0.3, 0.4) is 0 Å². The topological polar surface area (TPSA) is 34.0 Å². The summed E-state index contributed by atoms with van der Waals surface area (Å²) < 4.78 is 3.51. The molecule has 0 fully saturated rings. The molecule has 0 amide bonds. The van der Waals surface area contributed by atoms with Gasteiger partial charge in [0.1, 0.15) is 0 Å². The second-order valence-electron chi connectivity index (χ2n) is 18.8. The Bertz CT molecular complexity index is 4300. The fourth-order valence-electron chi connectivity index (χ4n) is 11.8. The van der Waals surface area contributed by atoms with Crippen molar-refractivity contribution in [3.05, 3.63) is 253 Å². The summed E-state index contributed by atoms with van der Waals surface area (Å²) >= 11 is 1.77. The summed E-state index contributed by atoms with van der Waals surface area (Å²) in [5.74, 6) is 0.768. The average Bonchev–Trinajstić information content (AvgIpc) is 4.14. The highest BCUT2D eigenvalue weighted by atomic mass is 32.1. The Hall–Kier alpha value is -8.90. The van der Waals surface area contributed by atoms with Crippen molar-refractivity contribution in [2.24, 2.45) is 0 Å². The summed E-state index contributed by atoms with van der Waals surface area (Å²) in [5, 5.41) is 7.51. The van der Waals surface area contributed by atoms with Crippen molar-refractivity contribution in [2.75, 3.05) is 4.90 Å². The zero-order chi connectivity index (χ0) is 46.6. The van der Waals surface area contributed by atoms with Gasteiger partial charge in [-0.15, -0.1) is 11.3 Å². The first-order valence-corrected chi connectivity index (χ1v) is 25.2. The van der Waals surface area contributed by atoms with Crippen LogP contribution < -0.4 is 4.90 Å². The van der Waals surface area contributed by atoms with Crippen LogP contribution in [0.4, 0.5) is 11.6 Å². The highest BCUT2D eigenvalue weighted by Crippen LogP contribution is 2.57. The fourth-order valence-corrected chi connectivity index (χ4v) is 12.9. The van der Waals surface area contributed by atoms with Crippen molar-refractivity contribution < 1.29 is 0 Å². The minimum Gasteiger partial charge on any atom is -0.309 e. The Labute approximate surface area is 414 Å². The molecule has 1 aliphatic heterocycles. The fraction of sp³-hybridized carbons (Fsp3) is 0.0303. The Kier molecular flexibility index (Phi) is 8.92. The molecule has 3 aromatic heterocycles. The van der Waals surface area contributed by atoms with Crippen molar-refractivity contribution >= 4 is 82.6 Å². The van der Waals surface area contributed by atoms with E-state index in [1.54, 1.807) is 11.3 Å². The second-order valence-corrected chi connectivity index (χ2v) is 19.9. The molecule has 0 spiro atoms. The molecule has 5 heteroatoms. The van der Waals surface area contributed by atoms with Gasteiger partial charge in [0.25, 0.3) is 0 Å². The number of fused-ring (bicyclic) bond motifs is 12. The number of hydrogen-bond donors (Lipinski definition) is 0. The highest BCUT2D eigenvalue weighted by Gasteiger charge is 2.43. The summed E-state index contributed by atoms with van der Waals surface area (Å²) in [6, 6.07) is 84.0. The van der Waals surface area contributed by atoms with E-state index >= 15 is 0 Å². The number of aromatic nitrogens is 3. The largest absolute Gasteiger partial charge is 0.309 e. The molecule has 0 saturated heterocycles. The first kappa shape index (κ1) is 40.0. The smallest absolute Gasteiger partial charge is 0.231 e. The van der Waals surface area contributed by atoms with Crippen molar-refractivity contribution in [3.8, 4) is 49.6 Å². The summed E-state index contributed by atoms with van der Waals surface area (Å²) in [6.45, 7) is 0. The van der Waals surface area contributed by atoms with Gasteiger partial charge in [-0.25, -0.2) is 9.97 Å². The van der Waals surface area contributed by atoms with Crippen molar-refractivity contribution in [3.63, 3.8) is 0 Å². The molecular weight excluding hydrogens is 881 g/mol. The van der Waals surface area contributed by atoms with Crippen LogP contribution in [0, 0.1) is 0 Å². The molecule has 13 aromatic rings. The maximum atomic E-state index is 5.69. The number of hydrogen-bond acceptors (Lipinski definition) is 4. The van der Waals surface area contributed by atoms with Gasteiger partial charge in [-0.05, 0) is 109 Å². The number of thiophene rings is 1. The van der Waals surface area contributed by atoms with E-state index in [9.17, 15) is 0 Å².